The molecule has 0 bridgehead atoms. The van der Waals surface area contributed by atoms with Gasteiger partial charge < -0.3 is 9.47 Å². The third-order valence-corrected chi connectivity index (χ3v) is 4.35. The van der Waals surface area contributed by atoms with Gasteiger partial charge >= 0.3 is 11.9 Å². The number of carbonyl (C=O) groups excluding carboxylic acids is 2. The number of carbonyl (C=O) groups is 2. The Balaban J connectivity index is 2.13. The summed E-state index contributed by atoms with van der Waals surface area (Å²) in [6.07, 6.45) is 1.29. The Bertz CT molecular complexity index is 1000. The summed E-state index contributed by atoms with van der Waals surface area (Å²) in [6.45, 7) is 2.38. The van der Waals surface area contributed by atoms with Gasteiger partial charge in [-0.05, 0) is 41.5 Å². The van der Waals surface area contributed by atoms with Gasteiger partial charge in [-0.25, -0.2) is 17.5 Å². The fourth-order valence-corrected chi connectivity index (χ4v) is 2.90. The number of esters is 2. The lowest BCUT2D eigenvalue weighted by atomic mass is 10.2. The number of ether oxygens (including phenoxy) is 2. The van der Waals surface area contributed by atoms with Crippen LogP contribution in [0, 0.1) is 5.82 Å². The van der Waals surface area contributed by atoms with Gasteiger partial charge in [0, 0.05) is 25.8 Å². The highest BCUT2D eigenvalue weighted by Gasteiger charge is 2.11. The number of hydrogen-bond acceptors (Lipinski definition) is 6. The fourth-order valence-electron chi connectivity index (χ4n) is 2.10. The van der Waals surface area contributed by atoms with Gasteiger partial charge in [-0.2, -0.15) is 0 Å². The van der Waals surface area contributed by atoms with Crippen LogP contribution in [0.1, 0.15) is 25.0 Å². The first-order chi connectivity index (χ1) is 13.1. The van der Waals surface area contributed by atoms with Crippen LogP contribution in [0.3, 0.4) is 0 Å². The molecular formula is C19H18FNO6S. The molecule has 0 amide bonds. The predicted molar refractivity (Wildman–Crippen MR) is 100 cm³/mol. The van der Waals surface area contributed by atoms with Gasteiger partial charge in [0.1, 0.15) is 5.82 Å². The second kappa shape index (κ2) is 9.25. The van der Waals surface area contributed by atoms with Gasteiger partial charge in [0.05, 0.1) is 0 Å². The van der Waals surface area contributed by atoms with Gasteiger partial charge in [-0.3, -0.25) is 9.59 Å². The third kappa shape index (κ3) is 6.93. The zero-order chi connectivity index (χ0) is 20.7. The van der Waals surface area contributed by atoms with E-state index in [1.54, 1.807) is 0 Å². The number of benzene rings is 2. The summed E-state index contributed by atoms with van der Waals surface area (Å²) < 4.78 is 49.3. The summed E-state index contributed by atoms with van der Waals surface area (Å²) in [5, 5.41) is 0.939. The molecule has 148 valence electrons. The Morgan fingerprint density at radius 2 is 1.61 bits per heavy atom. The molecule has 9 heteroatoms. The smallest absolute Gasteiger partial charge is 0.308 e. The Morgan fingerprint density at radius 3 is 2.21 bits per heavy atom. The molecule has 0 saturated carbocycles. The minimum absolute atomic E-state index is 0.00294. The average Bonchev–Trinajstić information content (AvgIpc) is 2.61. The van der Waals surface area contributed by atoms with Gasteiger partial charge in [-0.15, -0.1) is 0 Å². The average molecular weight is 407 g/mol. The first-order valence-electron chi connectivity index (χ1n) is 8.08. The monoisotopic (exact) mass is 407 g/mol. The summed E-state index contributed by atoms with van der Waals surface area (Å²) >= 11 is 0. The molecular weight excluding hydrogens is 389 g/mol. The van der Waals surface area contributed by atoms with E-state index in [1.165, 1.54) is 62.4 Å². The Hall–Kier alpha value is -3.04. The van der Waals surface area contributed by atoms with E-state index < -0.39 is 27.8 Å². The quantitative estimate of drug-likeness (QED) is 0.560. The molecule has 0 aliphatic carbocycles. The van der Waals surface area contributed by atoms with Crippen molar-refractivity contribution in [3.05, 3.63) is 64.8 Å². The lowest BCUT2D eigenvalue weighted by Crippen LogP contribution is -2.20. The van der Waals surface area contributed by atoms with Crippen molar-refractivity contribution in [2.24, 2.45) is 0 Å². The van der Waals surface area contributed by atoms with E-state index >= 15 is 0 Å². The maximum atomic E-state index is 12.9. The Morgan fingerprint density at radius 1 is 1.00 bits per heavy atom. The molecule has 7 nitrogen and oxygen atoms in total. The molecule has 0 aliphatic rings. The molecule has 28 heavy (non-hydrogen) atoms. The molecule has 0 heterocycles. The zero-order valence-corrected chi connectivity index (χ0v) is 16.0. The van der Waals surface area contributed by atoms with Crippen molar-refractivity contribution in [3.8, 4) is 11.5 Å². The summed E-state index contributed by atoms with van der Waals surface area (Å²) in [5.41, 5.74) is 1.00. The molecule has 0 aliphatic heterocycles. The van der Waals surface area contributed by atoms with Crippen LogP contribution in [0.15, 0.2) is 47.9 Å². The number of halogens is 1. The molecule has 2 aromatic rings. The van der Waals surface area contributed by atoms with E-state index in [0.717, 1.165) is 5.41 Å². The summed E-state index contributed by atoms with van der Waals surface area (Å²) in [5.74, 6) is -1.60. The van der Waals surface area contributed by atoms with Gasteiger partial charge in [-0.1, -0.05) is 18.2 Å². The molecule has 0 aromatic heterocycles. The molecule has 2 aromatic carbocycles. The fraction of sp³-hybridized carbons (Fsp3) is 0.158. The van der Waals surface area contributed by atoms with Crippen molar-refractivity contribution in [1.29, 1.82) is 0 Å². The molecule has 0 atom stereocenters. The van der Waals surface area contributed by atoms with Crippen molar-refractivity contribution in [2.75, 3.05) is 0 Å². The highest BCUT2D eigenvalue weighted by Crippen LogP contribution is 2.29. The standard InChI is InChI=1S/C19H18FNO6S/c1-13(22)26-18-8-5-15(11-19(18)27-14(2)23)9-10-28(24,25)21-12-16-3-6-17(20)7-4-16/h3-11,21H,12H2,1-2H3/b10-9+. The highest BCUT2D eigenvalue weighted by molar-refractivity contribution is 7.92. The van der Waals surface area contributed by atoms with Crippen molar-refractivity contribution in [2.45, 2.75) is 20.4 Å². The first-order valence-corrected chi connectivity index (χ1v) is 9.62. The Kier molecular flexibility index (Phi) is 7.02. The topological polar surface area (TPSA) is 98.8 Å². The number of hydrogen-bond donors (Lipinski definition) is 1. The van der Waals surface area contributed by atoms with E-state index in [2.05, 4.69) is 4.72 Å². The van der Waals surface area contributed by atoms with E-state index in [1.807, 2.05) is 0 Å². The van der Waals surface area contributed by atoms with E-state index in [0.29, 0.717) is 11.1 Å². The van der Waals surface area contributed by atoms with Crippen molar-refractivity contribution < 1.29 is 31.9 Å². The van der Waals surface area contributed by atoms with Crippen LogP contribution in [0.5, 0.6) is 11.5 Å². The van der Waals surface area contributed by atoms with Crippen LogP contribution >= 0.6 is 0 Å². The number of nitrogens with one attached hydrogen (secondary N) is 1. The SMILES string of the molecule is CC(=O)Oc1ccc(/C=C/S(=O)(=O)NCc2ccc(F)cc2)cc1OC(C)=O. The van der Waals surface area contributed by atoms with E-state index in [9.17, 15) is 22.4 Å². The lowest BCUT2D eigenvalue weighted by molar-refractivity contribution is -0.134. The Labute approximate surface area is 161 Å². The van der Waals surface area contributed by atoms with Gasteiger partial charge in [0.25, 0.3) is 0 Å². The zero-order valence-electron chi connectivity index (χ0n) is 15.1. The van der Waals surface area contributed by atoms with Crippen LogP contribution < -0.4 is 14.2 Å². The normalized spacial score (nSPS) is 11.4. The van der Waals surface area contributed by atoms with Crippen LogP contribution in [0.25, 0.3) is 6.08 Å². The highest BCUT2D eigenvalue weighted by atomic mass is 32.2. The molecule has 0 saturated heterocycles. The van der Waals surface area contributed by atoms with Crippen LogP contribution in [0.4, 0.5) is 4.39 Å². The number of rotatable bonds is 7. The molecule has 0 fully saturated rings. The van der Waals surface area contributed by atoms with E-state index in [-0.39, 0.29) is 18.0 Å². The van der Waals surface area contributed by atoms with E-state index in [4.69, 9.17) is 9.47 Å². The van der Waals surface area contributed by atoms with Crippen LogP contribution in [-0.2, 0) is 26.2 Å². The van der Waals surface area contributed by atoms with Crippen molar-refractivity contribution >= 4 is 28.0 Å². The summed E-state index contributed by atoms with van der Waals surface area (Å²) in [6, 6.07) is 9.67. The van der Waals surface area contributed by atoms with Crippen LogP contribution in [0.2, 0.25) is 0 Å². The van der Waals surface area contributed by atoms with Gasteiger partial charge in [0.15, 0.2) is 11.5 Å². The molecule has 0 spiro atoms. The molecule has 0 unspecified atom stereocenters. The molecule has 1 N–H and O–H groups in total. The second-order valence-electron chi connectivity index (χ2n) is 5.69. The van der Waals surface area contributed by atoms with Crippen molar-refractivity contribution in [1.82, 2.24) is 4.72 Å². The second-order valence-corrected chi connectivity index (χ2v) is 7.34. The molecule has 2 rings (SSSR count). The predicted octanol–water partition coefficient (Wildman–Crippen LogP) is 2.77. The largest absolute Gasteiger partial charge is 0.423 e. The lowest BCUT2D eigenvalue weighted by Gasteiger charge is -2.09. The number of sulfonamides is 1. The summed E-state index contributed by atoms with van der Waals surface area (Å²) in [4.78, 5) is 22.3. The molecule has 0 radical (unpaired) electrons. The minimum atomic E-state index is -3.77. The summed E-state index contributed by atoms with van der Waals surface area (Å²) in [7, 11) is -3.77. The van der Waals surface area contributed by atoms with Crippen LogP contribution in [-0.4, -0.2) is 20.4 Å². The van der Waals surface area contributed by atoms with Gasteiger partial charge in [0.2, 0.25) is 10.0 Å². The maximum Gasteiger partial charge on any atom is 0.308 e. The first kappa shape index (κ1) is 21.3. The maximum absolute atomic E-state index is 12.9. The van der Waals surface area contributed by atoms with Crippen molar-refractivity contribution in [3.63, 3.8) is 0 Å². The third-order valence-electron chi connectivity index (χ3n) is 3.31. The minimum Gasteiger partial charge on any atom is -0.423 e.